The number of halogens is 3. The first kappa shape index (κ1) is 27.9. The van der Waals surface area contributed by atoms with Gasteiger partial charge in [-0.15, -0.1) is 0 Å². The minimum atomic E-state index is -4.84. The number of phosphoric ester groups is 1. The van der Waals surface area contributed by atoms with Gasteiger partial charge in [0.25, 0.3) is 0 Å². The second-order valence-corrected chi connectivity index (χ2v) is 11.3. The van der Waals surface area contributed by atoms with E-state index in [1.54, 1.807) is 10.6 Å². The molecule has 0 amide bonds. The highest BCUT2D eigenvalue weighted by molar-refractivity contribution is 7.46. The number of aromatic nitrogens is 4. The summed E-state index contributed by atoms with van der Waals surface area (Å²) in [7, 11) is -4.84. The van der Waals surface area contributed by atoms with Gasteiger partial charge in [-0.1, -0.05) is 12.1 Å². The number of rotatable bonds is 6. The van der Waals surface area contributed by atoms with Crippen LogP contribution in [0.15, 0.2) is 48.8 Å². The Bertz CT molecular complexity index is 1850. The molecule has 2 bridgehead atoms. The van der Waals surface area contributed by atoms with Crippen molar-refractivity contribution < 1.29 is 41.5 Å². The molecule has 2 atom stereocenters. The molecule has 4 aromatic rings. The Morgan fingerprint density at radius 1 is 1.24 bits per heavy atom. The summed E-state index contributed by atoms with van der Waals surface area (Å²) in [5.41, 5.74) is 0.403. The minimum Gasteiger partial charge on any atom is -0.481 e. The van der Waals surface area contributed by atoms with Crippen molar-refractivity contribution in [1.82, 2.24) is 19.5 Å². The number of imidazole rings is 1. The number of nitrogens with zero attached hydrogens (tertiary/aromatic N) is 5. The summed E-state index contributed by atoms with van der Waals surface area (Å²) in [5.74, 6) is -0.143. The Hall–Kier alpha value is -4.28. The molecule has 0 unspecified atom stereocenters. The van der Waals surface area contributed by atoms with Gasteiger partial charge in [-0.3, -0.25) is 4.52 Å². The SMILES string of the molecule is CC(C)(OP(=O)(O)O)c1ncc(-c2cc3c(cc2F)nc2n3[C@@H]3C[C@@H]2O/C(=C\C#N)c2cccc(OC(F)F)c23)cn1. The molecule has 4 heterocycles. The van der Waals surface area contributed by atoms with Crippen LogP contribution in [0.4, 0.5) is 13.2 Å². The van der Waals surface area contributed by atoms with Crippen LogP contribution in [0.5, 0.6) is 5.75 Å². The number of hydrogen-bond acceptors (Lipinski definition) is 8. The Morgan fingerprint density at radius 3 is 2.64 bits per heavy atom. The number of alkyl halides is 2. The summed E-state index contributed by atoms with van der Waals surface area (Å²) >= 11 is 0. The van der Waals surface area contributed by atoms with Crippen molar-refractivity contribution >= 4 is 24.6 Å². The van der Waals surface area contributed by atoms with Gasteiger partial charge in [0.1, 0.15) is 22.9 Å². The van der Waals surface area contributed by atoms with Crippen LogP contribution in [0.25, 0.3) is 27.9 Å². The van der Waals surface area contributed by atoms with E-state index in [-0.39, 0.29) is 28.5 Å². The van der Waals surface area contributed by atoms with Gasteiger partial charge in [-0.2, -0.15) is 14.0 Å². The normalized spacial score (nSPS) is 18.9. The Morgan fingerprint density at radius 2 is 1.98 bits per heavy atom. The van der Waals surface area contributed by atoms with Crippen molar-refractivity contribution in [2.45, 2.75) is 44.6 Å². The number of fused-ring (bicyclic) bond motifs is 9. The maximum absolute atomic E-state index is 15.4. The van der Waals surface area contributed by atoms with Crippen LogP contribution in [-0.4, -0.2) is 35.9 Å². The van der Waals surface area contributed by atoms with E-state index < -0.39 is 38.0 Å². The van der Waals surface area contributed by atoms with Gasteiger partial charge in [0.15, 0.2) is 17.8 Å². The molecule has 0 spiro atoms. The fourth-order valence-corrected chi connectivity index (χ4v) is 6.15. The summed E-state index contributed by atoms with van der Waals surface area (Å²) in [6, 6.07) is 8.69. The fraction of sp³-hybridized carbons (Fsp3) is 0.259. The maximum Gasteiger partial charge on any atom is 0.470 e. The lowest BCUT2D eigenvalue weighted by atomic mass is 9.96. The first-order chi connectivity index (χ1) is 19.9. The lowest BCUT2D eigenvalue weighted by molar-refractivity contribution is -0.0507. The molecule has 216 valence electrons. The van der Waals surface area contributed by atoms with E-state index in [1.165, 1.54) is 56.6 Å². The topological polar surface area (TPSA) is 153 Å². The summed E-state index contributed by atoms with van der Waals surface area (Å²) in [6.07, 6.45) is 3.43. The number of ether oxygens (including phenoxy) is 2. The van der Waals surface area contributed by atoms with Crippen LogP contribution in [0.1, 0.15) is 55.2 Å². The third kappa shape index (κ3) is 4.80. The molecule has 42 heavy (non-hydrogen) atoms. The van der Waals surface area contributed by atoms with E-state index in [2.05, 4.69) is 15.0 Å². The molecule has 11 nitrogen and oxygen atoms in total. The molecular weight excluding hydrogens is 578 g/mol. The quantitative estimate of drug-likeness (QED) is 0.214. The number of allylic oxidation sites excluding steroid dienone is 1. The molecule has 6 rings (SSSR count). The van der Waals surface area contributed by atoms with Gasteiger partial charge in [0.05, 0.1) is 29.2 Å². The fourth-order valence-electron chi connectivity index (χ4n) is 5.48. The van der Waals surface area contributed by atoms with Gasteiger partial charge in [0, 0.05) is 47.1 Å². The van der Waals surface area contributed by atoms with E-state index in [4.69, 9.17) is 14.0 Å². The second-order valence-electron chi connectivity index (χ2n) is 10.1. The zero-order valence-corrected chi connectivity index (χ0v) is 22.8. The molecule has 0 fully saturated rings. The van der Waals surface area contributed by atoms with Gasteiger partial charge in [-0.05, 0) is 26.0 Å². The minimum absolute atomic E-state index is 0.0344. The van der Waals surface area contributed by atoms with Crippen LogP contribution in [-0.2, 0) is 19.4 Å². The van der Waals surface area contributed by atoms with Crippen LogP contribution in [0.2, 0.25) is 0 Å². The van der Waals surface area contributed by atoms with Crippen LogP contribution in [0, 0.1) is 17.1 Å². The number of benzene rings is 2. The first-order valence-corrected chi connectivity index (χ1v) is 14.0. The molecule has 2 aliphatic heterocycles. The maximum atomic E-state index is 15.4. The van der Waals surface area contributed by atoms with Gasteiger partial charge >= 0.3 is 14.4 Å². The lowest BCUT2D eigenvalue weighted by Crippen LogP contribution is -2.23. The van der Waals surface area contributed by atoms with E-state index in [0.717, 1.165) is 0 Å². The van der Waals surface area contributed by atoms with Gasteiger partial charge in [-0.25, -0.2) is 23.9 Å². The molecule has 0 radical (unpaired) electrons. The predicted molar refractivity (Wildman–Crippen MR) is 140 cm³/mol. The molecule has 15 heteroatoms. The van der Waals surface area contributed by atoms with E-state index in [9.17, 15) is 28.4 Å². The summed E-state index contributed by atoms with van der Waals surface area (Å²) in [6.45, 7) is -0.332. The van der Waals surface area contributed by atoms with Gasteiger partial charge < -0.3 is 23.8 Å². The number of nitriles is 1. The third-order valence-corrected chi connectivity index (χ3v) is 7.73. The molecule has 0 saturated carbocycles. The highest BCUT2D eigenvalue weighted by Gasteiger charge is 2.43. The molecular formula is C27H21F3N5O6P. The highest BCUT2D eigenvalue weighted by atomic mass is 31.2. The summed E-state index contributed by atoms with van der Waals surface area (Å²) < 4.78 is 71.1. The smallest absolute Gasteiger partial charge is 0.470 e. The largest absolute Gasteiger partial charge is 0.481 e. The van der Waals surface area contributed by atoms with Crippen molar-refractivity contribution in [3.8, 4) is 22.9 Å². The molecule has 2 aromatic carbocycles. The second kappa shape index (κ2) is 9.92. The molecule has 0 saturated heterocycles. The monoisotopic (exact) mass is 599 g/mol. The van der Waals surface area contributed by atoms with E-state index in [1.807, 2.05) is 6.07 Å². The Labute approximate surface area is 236 Å². The van der Waals surface area contributed by atoms with Crippen molar-refractivity contribution in [2.75, 3.05) is 0 Å². The third-order valence-electron chi connectivity index (χ3n) is 7.04. The van der Waals surface area contributed by atoms with Crippen molar-refractivity contribution in [2.24, 2.45) is 0 Å². The van der Waals surface area contributed by atoms with Crippen LogP contribution in [0.3, 0.4) is 0 Å². The molecule has 2 N–H and O–H groups in total. The zero-order chi connectivity index (χ0) is 30.0. The van der Waals surface area contributed by atoms with Crippen LogP contribution < -0.4 is 4.74 Å². The van der Waals surface area contributed by atoms with Crippen molar-refractivity contribution in [3.05, 3.63) is 77.4 Å². The molecule has 2 aromatic heterocycles. The number of phosphoric acid groups is 1. The average Bonchev–Trinajstić information content (AvgIpc) is 3.37. The van der Waals surface area contributed by atoms with E-state index in [0.29, 0.717) is 34.4 Å². The molecule has 0 aliphatic carbocycles. The van der Waals surface area contributed by atoms with E-state index >= 15 is 4.39 Å². The molecule has 2 aliphatic rings. The zero-order valence-electron chi connectivity index (χ0n) is 21.9. The van der Waals surface area contributed by atoms with Gasteiger partial charge in [0.2, 0.25) is 0 Å². The lowest BCUT2D eigenvalue weighted by Gasteiger charge is -2.23. The summed E-state index contributed by atoms with van der Waals surface area (Å²) in [4.78, 5) is 31.3. The highest BCUT2D eigenvalue weighted by Crippen LogP contribution is 2.52. The van der Waals surface area contributed by atoms with Crippen LogP contribution >= 0.6 is 7.82 Å². The standard InChI is InChI=1S/C27H21F3N5O6P/c1-27(2,41-42(36,37)38)25-32-11-13(12-33-25)15-8-18-17(9-16(15)28)34-24-22-10-19(35(18)24)23-14(20(39-22)6-7-31)4-3-5-21(23)40-26(29)30/h3-6,8-9,11-12,19,22,26H,10H2,1-2H3,(H2,36,37,38)/b20-6-/t19-,22+/m1/s1. The number of hydrogen-bond donors (Lipinski definition) is 2. The predicted octanol–water partition coefficient (Wildman–Crippen LogP) is 5.51. The van der Waals surface area contributed by atoms with Crippen molar-refractivity contribution in [1.29, 1.82) is 5.26 Å². The first-order valence-electron chi connectivity index (χ1n) is 12.5. The Balaban J connectivity index is 1.48. The average molecular weight is 599 g/mol. The summed E-state index contributed by atoms with van der Waals surface area (Å²) in [5, 5.41) is 9.34. The van der Waals surface area contributed by atoms with Crippen molar-refractivity contribution in [3.63, 3.8) is 0 Å². The Kier molecular flexibility index (Phi) is 6.58.